The molecule has 8 nitrogen and oxygen atoms in total. The summed E-state index contributed by atoms with van der Waals surface area (Å²) in [5.74, 6) is 0. The molecule has 1 aromatic carbocycles. The Kier molecular flexibility index (Phi) is 4.02. The molecule has 4 rings (SSSR count). The van der Waals surface area contributed by atoms with E-state index in [1.165, 1.54) is 24.2 Å². The molecule has 8 heteroatoms. The maximum atomic E-state index is 10.9. The highest BCUT2D eigenvalue weighted by Crippen LogP contribution is 2.32. The first-order valence-electron chi connectivity index (χ1n) is 8.42. The van der Waals surface area contributed by atoms with Crippen molar-refractivity contribution in [3.8, 4) is 5.69 Å². The van der Waals surface area contributed by atoms with Crippen LogP contribution in [0.25, 0.3) is 5.69 Å². The van der Waals surface area contributed by atoms with Crippen molar-refractivity contribution in [2.24, 2.45) is 0 Å². The van der Waals surface area contributed by atoms with Gasteiger partial charge in [0.2, 0.25) is 6.41 Å². The lowest BCUT2D eigenvalue weighted by molar-refractivity contribution is -0.118. The molecule has 1 aromatic heterocycles. The summed E-state index contributed by atoms with van der Waals surface area (Å²) in [6.45, 7) is 5.41. The molecule has 2 saturated heterocycles. The Bertz CT molecular complexity index is 688. The quantitative estimate of drug-likeness (QED) is 0.764. The van der Waals surface area contributed by atoms with E-state index in [9.17, 15) is 4.79 Å². The fraction of sp³-hybridized carbons (Fsp3) is 0.500. The zero-order chi connectivity index (χ0) is 16.4. The first kappa shape index (κ1) is 14.9. The van der Waals surface area contributed by atoms with Crippen LogP contribution < -0.4 is 9.80 Å². The Labute approximate surface area is 140 Å². The summed E-state index contributed by atoms with van der Waals surface area (Å²) < 4.78 is 1.72. The van der Waals surface area contributed by atoms with Crippen LogP contribution >= 0.6 is 0 Å². The second kappa shape index (κ2) is 6.46. The molecule has 2 fully saturated rings. The first-order chi connectivity index (χ1) is 11.8. The lowest BCUT2D eigenvalue weighted by atomic mass is 10.2. The number of nitrogens with zero attached hydrogens (tertiary/aromatic N) is 7. The molecular weight excluding hydrogens is 306 g/mol. The lowest BCUT2D eigenvalue weighted by Crippen LogP contribution is -2.45. The molecule has 2 aromatic rings. The van der Waals surface area contributed by atoms with Crippen molar-refractivity contribution < 1.29 is 4.79 Å². The van der Waals surface area contributed by atoms with E-state index >= 15 is 0 Å². The fourth-order valence-corrected chi connectivity index (χ4v) is 3.47. The molecule has 1 amide bonds. The minimum Gasteiger partial charge on any atom is -0.370 e. The van der Waals surface area contributed by atoms with E-state index in [1.807, 2.05) is 4.90 Å². The number of piperazine rings is 1. The van der Waals surface area contributed by atoms with Crippen molar-refractivity contribution in [3.05, 3.63) is 24.5 Å². The van der Waals surface area contributed by atoms with Crippen LogP contribution in [0, 0.1) is 0 Å². The summed E-state index contributed by atoms with van der Waals surface area (Å²) in [5.41, 5.74) is 3.38. The molecule has 0 atom stereocenters. The predicted molar refractivity (Wildman–Crippen MR) is 90.5 cm³/mol. The molecule has 0 aliphatic carbocycles. The molecule has 0 radical (unpaired) electrons. The van der Waals surface area contributed by atoms with Crippen LogP contribution in [0.1, 0.15) is 12.8 Å². The molecule has 126 valence electrons. The number of hydrogen-bond donors (Lipinski definition) is 0. The smallest absolute Gasteiger partial charge is 0.209 e. The SMILES string of the molecule is O=CN1CCN(c2ccc(-n3cnnn3)c(N3CCCC3)c2)CC1. The highest BCUT2D eigenvalue weighted by atomic mass is 16.1. The van der Waals surface area contributed by atoms with Gasteiger partial charge in [-0.25, -0.2) is 0 Å². The van der Waals surface area contributed by atoms with Crippen molar-refractivity contribution >= 4 is 17.8 Å². The van der Waals surface area contributed by atoms with Gasteiger partial charge in [0.1, 0.15) is 6.33 Å². The average Bonchev–Trinajstić information content (AvgIpc) is 3.35. The van der Waals surface area contributed by atoms with E-state index in [0.717, 1.165) is 51.4 Å². The van der Waals surface area contributed by atoms with Gasteiger partial charge in [-0.3, -0.25) is 4.79 Å². The van der Waals surface area contributed by atoms with Gasteiger partial charge < -0.3 is 14.7 Å². The van der Waals surface area contributed by atoms with Crippen LogP contribution in [-0.2, 0) is 4.79 Å². The largest absolute Gasteiger partial charge is 0.370 e. The van der Waals surface area contributed by atoms with Crippen LogP contribution in [0.2, 0.25) is 0 Å². The summed E-state index contributed by atoms with van der Waals surface area (Å²) in [5, 5.41) is 11.6. The number of tetrazole rings is 1. The van der Waals surface area contributed by atoms with Gasteiger partial charge in [-0.15, -0.1) is 5.10 Å². The molecule has 24 heavy (non-hydrogen) atoms. The Balaban J connectivity index is 1.65. The molecule has 0 unspecified atom stereocenters. The minimum atomic E-state index is 0.775. The zero-order valence-electron chi connectivity index (χ0n) is 13.6. The van der Waals surface area contributed by atoms with Crippen molar-refractivity contribution in [2.45, 2.75) is 12.8 Å². The molecule has 0 spiro atoms. The molecule has 0 N–H and O–H groups in total. The topological polar surface area (TPSA) is 70.4 Å². The van der Waals surface area contributed by atoms with E-state index in [1.54, 1.807) is 11.0 Å². The fourth-order valence-electron chi connectivity index (χ4n) is 3.47. The second-order valence-electron chi connectivity index (χ2n) is 6.25. The van der Waals surface area contributed by atoms with Crippen molar-refractivity contribution in [1.29, 1.82) is 0 Å². The first-order valence-corrected chi connectivity index (χ1v) is 8.42. The van der Waals surface area contributed by atoms with Gasteiger partial charge in [0, 0.05) is 45.0 Å². The van der Waals surface area contributed by atoms with Crippen molar-refractivity contribution in [2.75, 3.05) is 49.1 Å². The Hall–Kier alpha value is -2.64. The van der Waals surface area contributed by atoms with Crippen LogP contribution in [0.4, 0.5) is 11.4 Å². The van der Waals surface area contributed by atoms with Crippen LogP contribution in [0.5, 0.6) is 0 Å². The number of carbonyl (C=O) groups is 1. The van der Waals surface area contributed by atoms with Gasteiger partial charge in [0.05, 0.1) is 11.4 Å². The van der Waals surface area contributed by atoms with Crippen LogP contribution in [-0.4, -0.2) is 70.8 Å². The highest BCUT2D eigenvalue weighted by Gasteiger charge is 2.21. The molecule has 0 bridgehead atoms. The van der Waals surface area contributed by atoms with E-state index in [0.29, 0.717) is 0 Å². The van der Waals surface area contributed by atoms with Crippen molar-refractivity contribution in [3.63, 3.8) is 0 Å². The number of anilines is 2. The van der Waals surface area contributed by atoms with E-state index < -0.39 is 0 Å². The summed E-state index contributed by atoms with van der Waals surface area (Å²) in [6, 6.07) is 6.44. The molecule has 0 saturated carbocycles. The number of aromatic nitrogens is 4. The Morgan fingerprint density at radius 2 is 1.71 bits per heavy atom. The van der Waals surface area contributed by atoms with Gasteiger partial charge in [0.25, 0.3) is 0 Å². The third kappa shape index (κ3) is 2.79. The zero-order valence-corrected chi connectivity index (χ0v) is 13.6. The maximum Gasteiger partial charge on any atom is 0.209 e. The summed E-state index contributed by atoms with van der Waals surface area (Å²) >= 11 is 0. The van der Waals surface area contributed by atoms with Gasteiger partial charge in [0.15, 0.2) is 0 Å². The number of carbonyl (C=O) groups excluding carboxylic acids is 1. The summed E-state index contributed by atoms with van der Waals surface area (Å²) in [4.78, 5) is 17.5. The van der Waals surface area contributed by atoms with Crippen molar-refractivity contribution in [1.82, 2.24) is 25.1 Å². The molecular formula is C16H21N7O. The number of benzene rings is 1. The monoisotopic (exact) mass is 327 g/mol. The third-order valence-electron chi connectivity index (χ3n) is 4.83. The molecule has 2 aliphatic rings. The van der Waals surface area contributed by atoms with E-state index in [4.69, 9.17) is 0 Å². The maximum absolute atomic E-state index is 10.9. The Morgan fingerprint density at radius 3 is 2.38 bits per heavy atom. The molecule has 3 heterocycles. The number of amides is 1. The Morgan fingerprint density at radius 1 is 0.917 bits per heavy atom. The highest BCUT2D eigenvalue weighted by molar-refractivity contribution is 5.70. The van der Waals surface area contributed by atoms with E-state index in [2.05, 4.69) is 43.5 Å². The van der Waals surface area contributed by atoms with Gasteiger partial charge in [-0.05, 0) is 41.5 Å². The minimum absolute atomic E-state index is 0.775. The standard InChI is InChI=1S/C16H21N7O/c24-13-20-7-9-21(10-8-20)14-3-4-15(23-12-17-18-19-23)16(11-14)22-5-1-2-6-22/h3-4,11-13H,1-2,5-10H2. The van der Waals surface area contributed by atoms with Gasteiger partial charge in [-0.1, -0.05) is 0 Å². The third-order valence-corrected chi connectivity index (χ3v) is 4.83. The number of hydrogen-bond acceptors (Lipinski definition) is 6. The second-order valence-corrected chi connectivity index (χ2v) is 6.25. The summed E-state index contributed by atoms with van der Waals surface area (Å²) in [7, 11) is 0. The lowest BCUT2D eigenvalue weighted by Gasteiger charge is -2.35. The normalized spacial score (nSPS) is 18.2. The number of rotatable bonds is 4. The summed E-state index contributed by atoms with van der Waals surface area (Å²) in [6.07, 6.45) is 5.01. The predicted octanol–water partition coefficient (Wildman–Crippen LogP) is 0.541. The van der Waals surface area contributed by atoms with Gasteiger partial charge in [-0.2, -0.15) is 4.68 Å². The van der Waals surface area contributed by atoms with Crippen LogP contribution in [0.15, 0.2) is 24.5 Å². The van der Waals surface area contributed by atoms with Gasteiger partial charge >= 0.3 is 0 Å². The van der Waals surface area contributed by atoms with Crippen LogP contribution in [0.3, 0.4) is 0 Å². The van der Waals surface area contributed by atoms with E-state index in [-0.39, 0.29) is 0 Å². The average molecular weight is 327 g/mol. The molecule has 2 aliphatic heterocycles.